The van der Waals surface area contributed by atoms with Gasteiger partial charge in [0.2, 0.25) is 11.7 Å². The molecule has 158 valence electrons. The molecular formula is C23H21N3O5. The van der Waals surface area contributed by atoms with Crippen molar-refractivity contribution in [3.63, 3.8) is 0 Å². The molecule has 2 heterocycles. The van der Waals surface area contributed by atoms with Crippen molar-refractivity contribution >= 4 is 34.6 Å². The van der Waals surface area contributed by atoms with E-state index in [-0.39, 0.29) is 37.6 Å². The molecule has 8 nitrogen and oxygen atoms in total. The maximum Gasteiger partial charge on any atom is 0.324 e. The van der Waals surface area contributed by atoms with Crippen LogP contribution in [0.2, 0.25) is 0 Å². The van der Waals surface area contributed by atoms with Crippen molar-refractivity contribution in [3.8, 4) is 0 Å². The van der Waals surface area contributed by atoms with Gasteiger partial charge in [-0.3, -0.25) is 19.3 Å². The van der Waals surface area contributed by atoms with E-state index in [4.69, 9.17) is 4.74 Å². The fourth-order valence-electron chi connectivity index (χ4n) is 3.57. The number of hydrogen-bond acceptors (Lipinski definition) is 5. The number of ether oxygens (including phenoxy) is 1. The lowest BCUT2D eigenvalue weighted by molar-refractivity contribution is -0.147. The molecule has 1 aliphatic heterocycles. The van der Waals surface area contributed by atoms with Crippen LogP contribution in [-0.2, 0) is 14.3 Å². The smallest absolute Gasteiger partial charge is 0.324 e. The monoisotopic (exact) mass is 419 g/mol. The molecule has 2 aromatic carbocycles. The molecule has 0 aliphatic carbocycles. The van der Waals surface area contributed by atoms with Crippen LogP contribution in [0.5, 0.6) is 0 Å². The van der Waals surface area contributed by atoms with Crippen LogP contribution in [0.1, 0.15) is 34.9 Å². The van der Waals surface area contributed by atoms with Crippen molar-refractivity contribution in [2.75, 3.05) is 13.1 Å². The number of ketones is 1. The van der Waals surface area contributed by atoms with Crippen molar-refractivity contribution in [2.24, 2.45) is 0 Å². The number of carbonyl (C=O) groups is 4. The van der Waals surface area contributed by atoms with Crippen LogP contribution < -0.4 is 5.32 Å². The molecule has 3 amide bonds. The number of benzene rings is 2. The molecule has 1 fully saturated rings. The van der Waals surface area contributed by atoms with Crippen molar-refractivity contribution in [1.29, 1.82) is 0 Å². The number of H-pyrrole nitrogens is 1. The van der Waals surface area contributed by atoms with Crippen LogP contribution in [-0.4, -0.2) is 46.7 Å². The first-order valence-corrected chi connectivity index (χ1v) is 9.97. The standard InChI is InChI=1S/C23H21N3O5/c27-19-14-25-23(30)26(19)12-6-11-20(28)31-22(15-7-2-1-3-8-15)21(29)17-13-24-18-10-5-4-9-16(17)18/h1-5,7-10,13,22,24H,6,11-12,14H2,(H,25,30). The molecule has 3 aromatic rings. The number of imide groups is 1. The van der Waals surface area contributed by atoms with Crippen LogP contribution in [0, 0.1) is 0 Å². The van der Waals surface area contributed by atoms with Crippen LogP contribution in [0.15, 0.2) is 60.8 Å². The van der Waals surface area contributed by atoms with Gasteiger partial charge in [-0.1, -0.05) is 48.5 Å². The Balaban J connectivity index is 1.48. The third-order valence-corrected chi connectivity index (χ3v) is 5.14. The Morgan fingerprint density at radius 3 is 2.52 bits per heavy atom. The normalized spacial score (nSPS) is 14.5. The number of fused-ring (bicyclic) bond motifs is 1. The van der Waals surface area contributed by atoms with E-state index < -0.39 is 18.1 Å². The summed E-state index contributed by atoms with van der Waals surface area (Å²) in [6.45, 7) is 0.0879. The number of rotatable bonds is 8. The number of esters is 1. The molecular weight excluding hydrogens is 398 g/mol. The third-order valence-electron chi connectivity index (χ3n) is 5.14. The van der Waals surface area contributed by atoms with Gasteiger partial charge in [0, 0.05) is 41.2 Å². The number of nitrogens with zero attached hydrogens (tertiary/aromatic N) is 1. The number of aromatic nitrogens is 1. The number of urea groups is 1. The van der Waals surface area contributed by atoms with Crippen LogP contribution in [0.25, 0.3) is 10.9 Å². The molecule has 1 aliphatic rings. The summed E-state index contributed by atoms with van der Waals surface area (Å²) in [7, 11) is 0. The van der Waals surface area contributed by atoms with Crippen molar-refractivity contribution in [3.05, 3.63) is 71.9 Å². The Kier molecular flexibility index (Phi) is 5.79. The van der Waals surface area contributed by atoms with E-state index in [0.717, 1.165) is 15.8 Å². The number of aromatic amines is 1. The zero-order valence-corrected chi connectivity index (χ0v) is 16.7. The molecule has 4 rings (SSSR count). The molecule has 0 saturated carbocycles. The minimum absolute atomic E-state index is 0.0262. The first-order chi connectivity index (χ1) is 15.0. The summed E-state index contributed by atoms with van der Waals surface area (Å²) in [6, 6.07) is 15.8. The fourth-order valence-corrected chi connectivity index (χ4v) is 3.57. The van der Waals surface area contributed by atoms with Gasteiger partial charge in [0.05, 0.1) is 6.54 Å². The largest absolute Gasteiger partial charge is 0.449 e. The Bertz CT molecular complexity index is 1120. The molecule has 8 heteroatoms. The van der Waals surface area contributed by atoms with Crippen LogP contribution in [0.4, 0.5) is 4.79 Å². The van der Waals surface area contributed by atoms with Gasteiger partial charge in [0.25, 0.3) is 0 Å². The molecule has 0 radical (unpaired) electrons. The molecule has 1 aromatic heterocycles. The van der Waals surface area contributed by atoms with E-state index in [1.54, 1.807) is 30.5 Å². The predicted octanol–water partition coefficient (Wildman–Crippen LogP) is 2.97. The molecule has 1 saturated heterocycles. The lowest BCUT2D eigenvalue weighted by Crippen LogP contribution is -2.32. The Morgan fingerprint density at radius 1 is 1.03 bits per heavy atom. The third kappa shape index (κ3) is 4.32. The minimum Gasteiger partial charge on any atom is -0.449 e. The highest BCUT2D eigenvalue weighted by atomic mass is 16.5. The van der Waals surface area contributed by atoms with Crippen molar-refractivity contribution in [1.82, 2.24) is 15.2 Å². The first-order valence-electron chi connectivity index (χ1n) is 9.97. The van der Waals surface area contributed by atoms with E-state index in [1.807, 2.05) is 30.3 Å². The van der Waals surface area contributed by atoms with Crippen molar-refractivity contribution < 1.29 is 23.9 Å². The molecule has 2 N–H and O–H groups in total. The zero-order chi connectivity index (χ0) is 21.8. The van der Waals surface area contributed by atoms with Crippen molar-refractivity contribution in [2.45, 2.75) is 18.9 Å². The summed E-state index contributed by atoms with van der Waals surface area (Å²) in [5, 5.41) is 3.18. The highest BCUT2D eigenvalue weighted by molar-refractivity contribution is 6.10. The highest BCUT2D eigenvalue weighted by Gasteiger charge is 2.30. The lowest BCUT2D eigenvalue weighted by Gasteiger charge is -2.18. The summed E-state index contributed by atoms with van der Waals surface area (Å²) in [5.41, 5.74) is 1.83. The van der Waals surface area contributed by atoms with Crippen LogP contribution in [0.3, 0.4) is 0 Å². The quantitative estimate of drug-likeness (QED) is 0.332. The Labute approximate surface area is 178 Å². The second kappa shape index (κ2) is 8.83. The van der Waals surface area contributed by atoms with Gasteiger partial charge in [-0.2, -0.15) is 0 Å². The maximum absolute atomic E-state index is 13.3. The average Bonchev–Trinajstić information content (AvgIpc) is 3.36. The molecule has 0 spiro atoms. The molecule has 0 bridgehead atoms. The number of Topliss-reactive ketones (excluding diaryl/α,β-unsaturated/α-hetero) is 1. The summed E-state index contributed by atoms with van der Waals surface area (Å²) < 4.78 is 5.58. The predicted molar refractivity (Wildman–Crippen MR) is 112 cm³/mol. The number of para-hydroxylation sites is 1. The highest BCUT2D eigenvalue weighted by Crippen LogP contribution is 2.27. The minimum atomic E-state index is -1.09. The van der Waals surface area contributed by atoms with E-state index in [1.165, 1.54) is 0 Å². The number of carbonyl (C=O) groups excluding carboxylic acids is 4. The summed E-state index contributed by atoms with van der Waals surface area (Å²) >= 11 is 0. The van der Waals surface area contributed by atoms with Gasteiger partial charge < -0.3 is 15.0 Å². The average molecular weight is 419 g/mol. The maximum atomic E-state index is 13.3. The molecule has 1 atom stereocenters. The van der Waals surface area contributed by atoms with Gasteiger partial charge in [-0.15, -0.1) is 0 Å². The number of hydrogen-bond donors (Lipinski definition) is 2. The molecule has 31 heavy (non-hydrogen) atoms. The van der Waals surface area contributed by atoms with E-state index in [9.17, 15) is 19.2 Å². The van der Waals surface area contributed by atoms with Crippen LogP contribution >= 0.6 is 0 Å². The molecule has 1 unspecified atom stereocenters. The zero-order valence-electron chi connectivity index (χ0n) is 16.7. The van der Waals surface area contributed by atoms with Gasteiger partial charge in [0.15, 0.2) is 6.10 Å². The topological polar surface area (TPSA) is 109 Å². The van der Waals surface area contributed by atoms with Gasteiger partial charge >= 0.3 is 12.0 Å². The second-order valence-electron chi connectivity index (χ2n) is 7.20. The summed E-state index contributed by atoms with van der Waals surface area (Å²) in [4.78, 5) is 53.2. The summed E-state index contributed by atoms with van der Waals surface area (Å²) in [6.07, 6.45) is 0.751. The van der Waals surface area contributed by atoms with Gasteiger partial charge in [-0.05, 0) is 12.5 Å². The van der Waals surface area contributed by atoms with E-state index in [0.29, 0.717) is 11.1 Å². The second-order valence-corrected chi connectivity index (χ2v) is 7.20. The Hall–Kier alpha value is -3.94. The first kappa shape index (κ1) is 20.3. The number of nitrogens with one attached hydrogen (secondary N) is 2. The fraction of sp³-hybridized carbons (Fsp3) is 0.217. The summed E-state index contributed by atoms with van der Waals surface area (Å²) in [5.74, 6) is -1.23. The lowest BCUT2D eigenvalue weighted by atomic mass is 9.99. The van der Waals surface area contributed by atoms with Gasteiger partial charge in [-0.25, -0.2) is 4.79 Å². The number of amides is 3. The SMILES string of the molecule is O=C(CCCN1C(=O)CNC1=O)OC(C(=O)c1c[nH]c2ccccc12)c1ccccc1. The van der Waals surface area contributed by atoms with Gasteiger partial charge in [0.1, 0.15) is 0 Å². The van der Waals surface area contributed by atoms with E-state index >= 15 is 0 Å². The van der Waals surface area contributed by atoms with E-state index in [2.05, 4.69) is 10.3 Å². The Morgan fingerprint density at radius 2 is 1.77 bits per heavy atom.